The quantitative estimate of drug-likeness (QED) is 0.369. The van der Waals surface area contributed by atoms with Gasteiger partial charge in [0.25, 0.3) is 0 Å². The van der Waals surface area contributed by atoms with Gasteiger partial charge in [0.1, 0.15) is 8.24 Å². The fraction of sp³-hybridized carbons (Fsp3) is 0.857. The summed E-state index contributed by atoms with van der Waals surface area (Å²) in [5, 5.41) is 0. The monoisotopic (exact) mass is 151 g/mol. The summed E-state index contributed by atoms with van der Waals surface area (Å²) in [6.45, 7) is 12.0. The average Bonchev–Trinajstić information content (AvgIpc) is 1.64. The molecule has 0 unspecified atom stereocenters. The van der Waals surface area contributed by atoms with Crippen LogP contribution in [-0.4, -0.2) is 26.4 Å². The Bertz CT molecular complexity index is 80.2. The van der Waals surface area contributed by atoms with Crippen molar-refractivity contribution in [2.75, 3.05) is 13.6 Å². The van der Waals surface area contributed by atoms with Crippen molar-refractivity contribution in [3.8, 4) is 0 Å². The largest absolute Gasteiger partial charge is 1.00 e. The molecule has 0 aromatic rings. The third-order valence-corrected chi connectivity index (χ3v) is 4.15. The minimum atomic E-state index is -0.988. The third-order valence-electron chi connectivity index (χ3n) is 1.64. The van der Waals surface area contributed by atoms with Crippen LogP contribution in [0, 0.1) is 6.92 Å². The second-order valence-electron chi connectivity index (χ2n) is 3.45. The molecule has 0 aromatic carbocycles. The first-order chi connectivity index (χ1) is 3.98. The zero-order valence-corrected chi connectivity index (χ0v) is 9.07. The van der Waals surface area contributed by atoms with Crippen LogP contribution in [0.4, 0.5) is 0 Å². The Morgan fingerprint density at radius 2 is 1.70 bits per heavy atom. The molecule has 0 fully saturated rings. The number of hydrogen-bond donors (Lipinski definition) is 0. The van der Waals surface area contributed by atoms with Gasteiger partial charge in [-0.3, -0.25) is 0 Å². The summed E-state index contributed by atoms with van der Waals surface area (Å²) in [7, 11) is 1.20. The molecule has 0 radical (unpaired) electrons. The van der Waals surface area contributed by atoms with Crippen LogP contribution in [-0.2, 0) is 0 Å². The zero-order valence-electron chi connectivity index (χ0n) is 8.07. The zero-order chi connectivity index (χ0) is 7.49. The van der Waals surface area contributed by atoms with Crippen LogP contribution in [0.2, 0.25) is 19.6 Å². The van der Waals surface area contributed by atoms with Crippen molar-refractivity contribution in [1.82, 2.24) is 4.57 Å². The molecule has 0 aliphatic heterocycles. The van der Waals surface area contributed by atoms with Crippen LogP contribution >= 0.6 is 0 Å². The molecule has 0 saturated carbocycles. The van der Waals surface area contributed by atoms with Crippen molar-refractivity contribution >= 4 is 8.24 Å². The molecular weight excluding hydrogens is 133 g/mol. The van der Waals surface area contributed by atoms with E-state index in [-0.39, 0.29) is 18.9 Å². The Hall–Kier alpha value is 0.774. The SMILES string of the molecule is [CH2-]CCN(C)[Si](C)(C)C.[Li+]. The van der Waals surface area contributed by atoms with E-state index in [1.54, 1.807) is 0 Å². The number of nitrogens with zero attached hydrogens (tertiary/aromatic N) is 1. The van der Waals surface area contributed by atoms with E-state index in [9.17, 15) is 0 Å². The van der Waals surface area contributed by atoms with E-state index in [0.29, 0.717) is 0 Å². The van der Waals surface area contributed by atoms with Gasteiger partial charge in [-0.2, -0.15) is 6.42 Å². The van der Waals surface area contributed by atoms with Crippen LogP contribution in [0.1, 0.15) is 6.42 Å². The number of hydrogen-bond acceptors (Lipinski definition) is 1. The predicted molar refractivity (Wildman–Crippen MR) is 46.0 cm³/mol. The van der Waals surface area contributed by atoms with Crippen molar-refractivity contribution in [3.05, 3.63) is 6.92 Å². The van der Waals surface area contributed by atoms with Crippen molar-refractivity contribution in [1.29, 1.82) is 0 Å². The van der Waals surface area contributed by atoms with Gasteiger partial charge in [-0.25, -0.2) is 0 Å². The maximum atomic E-state index is 3.82. The molecule has 0 saturated heterocycles. The fourth-order valence-corrected chi connectivity index (χ4v) is 1.40. The van der Waals surface area contributed by atoms with Gasteiger partial charge in [0.05, 0.1) is 0 Å². The van der Waals surface area contributed by atoms with Crippen LogP contribution in [0.15, 0.2) is 0 Å². The van der Waals surface area contributed by atoms with Crippen molar-refractivity contribution < 1.29 is 18.9 Å². The van der Waals surface area contributed by atoms with Crippen molar-refractivity contribution in [2.24, 2.45) is 0 Å². The van der Waals surface area contributed by atoms with Gasteiger partial charge >= 0.3 is 18.9 Å². The molecular formula is C7H18LiNSi. The van der Waals surface area contributed by atoms with Crippen LogP contribution in [0.3, 0.4) is 0 Å². The molecule has 56 valence electrons. The molecule has 0 heterocycles. The van der Waals surface area contributed by atoms with E-state index in [1.807, 2.05) is 0 Å². The van der Waals surface area contributed by atoms with E-state index in [2.05, 4.69) is 38.2 Å². The maximum absolute atomic E-state index is 3.82. The minimum absolute atomic E-state index is 0. The molecule has 0 aromatic heterocycles. The van der Waals surface area contributed by atoms with Crippen molar-refractivity contribution in [3.63, 3.8) is 0 Å². The van der Waals surface area contributed by atoms with E-state index < -0.39 is 8.24 Å². The molecule has 0 spiro atoms. The molecule has 0 aliphatic carbocycles. The van der Waals surface area contributed by atoms with E-state index >= 15 is 0 Å². The van der Waals surface area contributed by atoms with E-state index in [1.165, 1.54) is 0 Å². The smallest absolute Gasteiger partial charge is 0.342 e. The summed E-state index contributed by atoms with van der Waals surface area (Å²) in [4.78, 5) is 0. The second-order valence-corrected chi connectivity index (χ2v) is 8.55. The maximum Gasteiger partial charge on any atom is 1.00 e. The average molecular weight is 151 g/mol. The normalized spacial score (nSPS) is 11.4. The Kier molecular flexibility index (Phi) is 7.26. The molecule has 0 atom stereocenters. The summed E-state index contributed by atoms with van der Waals surface area (Å²) in [5.41, 5.74) is 0. The molecule has 3 heteroatoms. The van der Waals surface area contributed by atoms with Gasteiger partial charge in [-0.15, -0.1) is 0 Å². The van der Waals surface area contributed by atoms with Gasteiger partial charge in [0, 0.05) is 0 Å². The van der Waals surface area contributed by atoms with Crippen LogP contribution in [0.5, 0.6) is 0 Å². The van der Waals surface area contributed by atoms with Gasteiger partial charge in [-0.05, 0) is 13.6 Å². The summed E-state index contributed by atoms with van der Waals surface area (Å²) in [6, 6.07) is 0. The van der Waals surface area contributed by atoms with Gasteiger partial charge in [-0.1, -0.05) is 19.6 Å². The van der Waals surface area contributed by atoms with Crippen LogP contribution in [0.25, 0.3) is 0 Å². The van der Waals surface area contributed by atoms with Gasteiger partial charge in [0.15, 0.2) is 0 Å². The topological polar surface area (TPSA) is 3.24 Å². The van der Waals surface area contributed by atoms with E-state index in [4.69, 9.17) is 0 Å². The van der Waals surface area contributed by atoms with E-state index in [0.717, 1.165) is 13.0 Å². The first-order valence-corrected chi connectivity index (χ1v) is 6.93. The molecule has 10 heavy (non-hydrogen) atoms. The fourth-order valence-electron chi connectivity index (χ4n) is 0.573. The Morgan fingerprint density at radius 3 is 1.80 bits per heavy atom. The Labute approximate surface area is 78.4 Å². The first kappa shape index (κ1) is 13.4. The first-order valence-electron chi connectivity index (χ1n) is 3.49. The molecule has 1 nitrogen and oxygen atoms in total. The third kappa shape index (κ3) is 5.55. The second kappa shape index (κ2) is 5.43. The predicted octanol–water partition coefficient (Wildman–Crippen LogP) is -1.02. The van der Waals surface area contributed by atoms with Gasteiger partial charge in [0.2, 0.25) is 0 Å². The number of rotatable bonds is 3. The Balaban J connectivity index is 0. The van der Waals surface area contributed by atoms with Crippen LogP contribution < -0.4 is 18.9 Å². The molecule has 0 rings (SSSR count). The van der Waals surface area contributed by atoms with Crippen molar-refractivity contribution in [2.45, 2.75) is 26.1 Å². The minimum Gasteiger partial charge on any atom is -0.342 e. The summed E-state index contributed by atoms with van der Waals surface area (Å²) in [5.74, 6) is 0. The Morgan fingerprint density at radius 1 is 1.30 bits per heavy atom. The molecule has 0 amide bonds. The summed E-state index contributed by atoms with van der Waals surface area (Å²) in [6.07, 6.45) is 1.03. The summed E-state index contributed by atoms with van der Waals surface area (Å²) >= 11 is 0. The molecule has 0 aliphatic rings. The molecule has 0 bridgehead atoms. The summed E-state index contributed by atoms with van der Waals surface area (Å²) < 4.78 is 2.44. The molecule has 0 N–H and O–H groups in total. The standard InChI is InChI=1S/C7H18NSi.Li/c1-6-7-8(2)9(3,4)5;/h1,6-7H2,2-5H3;/q-1;+1. The van der Waals surface area contributed by atoms with Gasteiger partial charge < -0.3 is 11.5 Å².